The Morgan fingerprint density at radius 2 is 2.26 bits per heavy atom. The molecule has 1 aliphatic rings. The first-order valence-corrected chi connectivity index (χ1v) is 9.37. The molecule has 2 aromatic heterocycles. The molecular weight excluding hydrogens is 332 g/mol. The molecule has 0 N–H and O–H groups in total. The van der Waals surface area contributed by atoms with E-state index >= 15 is 0 Å². The van der Waals surface area contributed by atoms with Gasteiger partial charge in [-0.3, -0.25) is 9.59 Å². The summed E-state index contributed by atoms with van der Waals surface area (Å²) in [6.45, 7) is 0.672. The number of carbonyl (C=O) groups is 2. The highest BCUT2D eigenvalue weighted by Crippen LogP contribution is 2.28. The number of amides is 1. The summed E-state index contributed by atoms with van der Waals surface area (Å²) in [5.74, 6) is -0.358. The zero-order valence-electron chi connectivity index (χ0n) is 12.9. The predicted molar refractivity (Wildman–Crippen MR) is 90.7 cm³/mol. The maximum atomic E-state index is 12.8. The molecule has 0 aliphatic carbocycles. The third-order valence-electron chi connectivity index (χ3n) is 4.01. The fourth-order valence-corrected chi connectivity index (χ4v) is 4.30. The summed E-state index contributed by atoms with van der Waals surface area (Å²) in [5.41, 5.74) is 1.51. The second-order valence-corrected chi connectivity index (χ2v) is 7.12. The minimum atomic E-state index is -0.271. The number of thiazole rings is 1. The number of thiophene rings is 1. The molecule has 122 valence electrons. The van der Waals surface area contributed by atoms with Crippen LogP contribution in [0.2, 0.25) is 0 Å². The van der Waals surface area contributed by atoms with Crippen molar-refractivity contribution in [1.29, 1.82) is 0 Å². The number of hydrogen-bond donors (Lipinski definition) is 0. The van der Waals surface area contributed by atoms with Gasteiger partial charge in [0.25, 0.3) is 5.91 Å². The predicted octanol–water partition coefficient (Wildman–Crippen LogP) is 3.43. The first-order valence-electron chi connectivity index (χ1n) is 7.55. The van der Waals surface area contributed by atoms with Gasteiger partial charge in [-0.1, -0.05) is 0 Å². The van der Waals surface area contributed by atoms with Crippen LogP contribution < -0.4 is 0 Å². The molecule has 1 unspecified atom stereocenters. The van der Waals surface area contributed by atoms with Crippen molar-refractivity contribution in [1.82, 2.24) is 9.88 Å². The second kappa shape index (κ2) is 7.23. The van der Waals surface area contributed by atoms with E-state index in [9.17, 15) is 9.59 Å². The van der Waals surface area contributed by atoms with E-state index in [1.807, 2.05) is 16.8 Å². The number of piperidine rings is 1. The van der Waals surface area contributed by atoms with Crippen LogP contribution in [0.5, 0.6) is 0 Å². The van der Waals surface area contributed by atoms with Crippen LogP contribution in [-0.4, -0.2) is 41.5 Å². The van der Waals surface area contributed by atoms with Crippen molar-refractivity contribution < 1.29 is 14.3 Å². The van der Waals surface area contributed by atoms with Gasteiger partial charge in [-0.15, -0.1) is 11.3 Å². The van der Waals surface area contributed by atoms with Crippen molar-refractivity contribution in [3.63, 3.8) is 0 Å². The lowest BCUT2D eigenvalue weighted by Crippen LogP contribution is -2.45. The number of carbonyl (C=O) groups excluding carboxylic acids is 2. The molecule has 0 radical (unpaired) electrons. The van der Waals surface area contributed by atoms with Gasteiger partial charge in [0.2, 0.25) is 0 Å². The van der Waals surface area contributed by atoms with Gasteiger partial charge < -0.3 is 9.64 Å². The highest BCUT2D eigenvalue weighted by molar-refractivity contribution is 7.14. The smallest absolute Gasteiger partial charge is 0.307 e. The molecule has 3 heterocycles. The topological polar surface area (TPSA) is 59.5 Å². The molecule has 7 heteroatoms. The molecule has 3 rings (SSSR count). The fraction of sp³-hybridized carbons (Fsp3) is 0.438. The van der Waals surface area contributed by atoms with Crippen molar-refractivity contribution in [3.05, 3.63) is 27.9 Å². The van der Waals surface area contributed by atoms with Crippen LogP contribution >= 0.6 is 22.7 Å². The Morgan fingerprint density at radius 1 is 1.39 bits per heavy atom. The first-order chi connectivity index (χ1) is 11.2. The summed E-state index contributed by atoms with van der Waals surface area (Å²) in [6.07, 6.45) is 3.08. The van der Waals surface area contributed by atoms with Crippen molar-refractivity contribution in [2.24, 2.45) is 0 Å². The number of aromatic nitrogens is 1. The van der Waals surface area contributed by atoms with Gasteiger partial charge in [-0.05, 0) is 30.7 Å². The van der Waals surface area contributed by atoms with Gasteiger partial charge in [0.15, 0.2) is 0 Å². The highest BCUT2D eigenvalue weighted by atomic mass is 32.1. The molecule has 5 nitrogen and oxygen atoms in total. The fourth-order valence-electron chi connectivity index (χ4n) is 2.79. The van der Waals surface area contributed by atoms with E-state index in [-0.39, 0.29) is 24.3 Å². The van der Waals surface area contributed by atoms with Gasteiger partial charge in [-0.25, -0.2) is 4.98 Å². The maximum absolute atomic E-state index is 12.8. The molecule has 0 spiro atoms. The normalized spacial score (nSPS) is 18.0. The van der Waals surface area contributed by atoms with Crippen LogP contribution in [0.25, 0.3) is 10.6 Å². The Hall–Kier alpha value is -1.73. The van der Waals surface area contributed by atoms with Crippen LogP contribution in [0.15, 0.2) is 22.2 Å². The minimum Gasteiger partial charge on any atom is -0.469 e. The van der Waals surface area contributed by atoms with E-state index in [2.05, 4.69) is 4.98 Å². The Kier molecular flexibility index (Phi) is 5.07. The van der Waals surface area contributed by atoms with Crippen LogP contribution in [0.4, 0.5) is 0 Å². The monoisotopic (exact) mass is 350 g/mol. The molecule has 23 heavy (non-hydrogen) atoms. The van der Waals surface area contributed by atoms with Crippen LogP contribution in [0.1, 0.15) is 36.2 Å². The van der Waals surface area contributed by atoms with Crippen molar-refractivity contribution in [2.75, 3.05) is 13.7 Å². The van der Waals surface area contributed by atoms with Gasteiger partial charge in [-0.2, -0.15) is 11.3 Å². The van der Waals surface area contributed by atoms with E-state index in [0.29, 0.717) is 12.2 Å². The van der Waals surface area contributed by atoms with Gasteiger partial charge in [0.05, 0.1) is 13.5 Å². The Bertz CT molecular complexity index is 681. The Labute approximate surface area is 142 Å². The van der Waals surface area contributed by atoms with E-state index in [1.54, 1.807) is 21.6 Å². The number of likely N-dealkylation sites (tertiary alicyclic amines) is 1. The summed E-state index contributed by atoms with van der Waals surface area (Å²) in [6, 6.07) is 1.91. The Balaban J connectivity index is 1.76. The number of methoxy groups -OCH3 is 1. The molecule has 1 fully saturated rings. The first kappa shape index (κ1) is 16.1. The molecule has 0 bridgehead atoms. The molecule has 0 aromatic carbocycles. The minimum absolute atomic E-state index is 0.0867. The van der Waals surface area contributed by atoms with Crippen LogP contribution in [0, 0.1) is 0 Å². The Morgan fingerprint density at radius 3 is 3.00 bits per heavy atom. The van der Waals surface area contributed by atoms with Gasteiger partial charge >= 0.3 is 5.97 Å². The molecule has 1 saturated heterocycles. The zero-order chi connectivity index (χ0) is 16.2. The summed E-state index contributed by atoms with van der Waals surface area (Å²) < 4.78 is 4.75. The molecule has 1 atom stereocenters. The zero-order valence-corrected chi connectivity index (χ0v) is 14.5. The molecular formula is C16H18N2O3S2. The summed E-state index contributed by atoms with van der Waals surface area (Å²) in [7, 11) is 1.38. The standard InChI is InChI=1S/C16H18N2O3S2/c1-21-14(19)8-12-4-2-3-6-18(12)16(20)13-10-23-15(17-13)11-5-7-22-9-11/h5,7,9-10,12H,2-4,6,8H2,1H3. The maximum Gasteiger partial charge on any atom is 0.307 e. The third-order valence-corrected chi connectivity index (χ3v) is 5.58. The van der Waals surface area contributed by atoms with Crippen molar-refractivity contribution in [3.8, 4) is 10.6 Å². The molecule has 0 saturated carbocycles. The lowest BCUT2D eigenvalue weighted by molar-refractivity contribution is -0.142. The van der Waals surface area contributed by atoms with Gasteiger partial charge in [0.1, 0.15) is 10.7 Å². The van der Waals surface area contributed by atoms with Crippen molar-refractivity contribution in [2.45, 2.75) is 31.7 Å². The third kappa shape index (κ3) is 3.61. The molecule has 1 amide bonds. The van der Waals surface area contributed by atoms with Crippen LogP contribution in [0.3, 0.4) is 0 Å². The quantitative estimate of drug-likeness (QED) is 0.793. The van der Waals surface area contributed by atoms with Crippen molar-refractivity contribution >= 4 is 34.6 Å². The van der Waals surface area contributed by atoms with Crippen LogP contribution in [-0.2, 0) is 9.53 Å². The number of hydrogen-bond acceptors (Lipinski definition) is 6. The number of nitrogens with zero attached hydrogens (tertiary/aromatic N) is 2. The number of rotatable bonds is 4. The molecule has 2 aromatic rings. The largest absolute Gasteiger partial charge is 0.469 e. The van der Waals surface area contributed by atoms with Gasteiger partial charge in [0, 0.05) is 28.9 Å². The average molecular weight is 350 g/mol. The molecule has 1 aliphatic heterocycles. The summed E-state index contributed by atoms with van der Waals surface area (Å²) >= 11 is 3.09. The number of ether oxygens (including phenoxy) is 1. The van der Waals surface area contributed by atoms with E-state index < -0.39 is 0 Å². The average Bonchev–Trinajstić information content (AvgIpc) is 3.25. The van der Waals surface area contributed by atoms with E-state index in [4.69, 9.17) is 4.74 Å². The summed E-state index contributed by atoms with van der Waals surface area (Å²) in [5, 5.41) is 6.68. The lowest BCUT2D eigenvalue weighted by atomic mass is 9.99. The second-order valence-electron chi connectivity index (χ2n) is 5.48. The lowest BCUT2D eigenvalue weighted by Gasteiger charge is -2.34. The van der Waals surface area contributed by atoms with E-state index in [1.165, 1.54) is 18.4 Å². The summed E-state index contributed by atoms with van der Waals surface area (Å²) in [4.78, 5) is 30.6. The highest BCUT2D eigenvalue weighted by Gasteiger charge is 2.30. The SMILES string of the molecule is COC(=O)CC1CCCCN1C(=O)c1csc(-c2ccsc2)n1. The number of esters is 1. The van der Waals surface area contributed by atoms with E-state index in [0.717, 1.165) is 29.8 Å².